The number of fused-ring (bicyclic) bond motifs is 2. The van der Waals surface area contributed by atoms with Crippen LogP contribution in [0.4, 0.5) is 0 Å². The van der Waals surface area contributed by atoms with Gasteiger partial charge in [0.2, 0.25) is 5.91 Å². The van der Waals surface area contributed by atoms with Gasteiger partial charge < -0.3 is 16.0 Å². The number of benzene rings is 1. The van der Waals surface area contributed by atoms with E-state index < -0.39 is 0 Å². The van der Waals surface area contributed by atoms with Gasteiger partial charge in [-0.3, -0.25) is 9.59 Å². The standard InChI is InChI=1S/C18H24ClN3O2.ClH/c19-13-5-3-12(4-6-13)18(24)20-9-1-2-17(23)22-16-10-14-7-8-15(11-16)21-14;/h3-6,14-16,21H,1-2,7-11H2,(H,20,24)(H,22,23);1H. The predicted molar refractivity (Wildman–Crippen MR) is 101 cm³/mol. The van der Waals surface area contributed by atoms with Crippen LogP contribution in [0.1, 0.15) is 48.9 Å². The summed E-state index contributed by atoms with van der Waals surface area (Å²) >= 11 is 5.80. The van der Waals surface area contributed by atoms with Crippen LogP contribution in [0.3, 0.4) is 0 Å². The zero-order valence-corrected chi connectivity index (χ0v) is 15.7. The highest BCUT2D eigenvalue weighted by Crippen LogP contribution is 2.26. The van der Waals surface area contributed by atoms with Gasteiger partial charge >= 0.3 is 0 Å². The molecule has 7 heteroatoms. The molecule has 2 heterocycles. The third-order valence-corrected chi connectivity index (χ3v) is 5.06. The van der Waals surface area contributed by atoms with Crippen molar-refractivity contribution in [2.75, 3.05) is 6.54 Å². The summed E-state index contributed by atoms with van der Waals surface area (Å²) in [4.78, 5) is 24.0. The Hall–Kier alpha value is -1.30. The van der Waals surface area contributed by atoms with Gasteiger partial charge in [-0.15, -0.1) is 12.4 Å². The highest BCUT2D eigenvalue weighted by atomic mass is 35.5. The summed E-state index contributed by atoms with van der Waals surface area (Å²) in [5.41, 5.74) is 0.578. The molecular weight excluding hydrogens is 361 g/mol. The maximum atomic E-state index is 12.0. The summed E-state index contributed by atoms with van der Waals surface area (Å²) in [6.45, 7) is 0.492. The number of amides is 2. The number of hydrogen-bond acceptors (Lipinski definition) is 3. The van der Waals surface area contributed by atoms with Crippen LogP contribution in [-0.2, 0) is 4.79 Å². The smallest absolute Gasteiger partial charge is 0.251 e. The second kappa shape index (κ2) is 9.41. The quantitative estimate of drug-likeness (QED) is 0.659. The monoisotopic (exact) mass is 385 g/mol. The van der Waals surface area contributed by atoms with Crippen LogP contribution in [-0.4, -0.2) is 36.5 Å². The van der Waals surface area contributed by atoms with Crippen LogP contribution in [0.15, 0.2) is 24.3 Å². The van der Waals surface area contributed by atoms with E-state index in [2.05, 4.69) is 16.0 Å². The van der Waals surface area contributed by atoms with E-state index in [0.29, 0.717) is 48.1 Å². The minimum Gasteiger partial charge on any atom is -0.353 e. The Balaban J connectivity index is 0.00000225. The topological polar surface area (TPSA) is 70.2 Å². The summed E-state index contributed by atoms with van der Waals surface area (Å²) in [5, 5.41) is 10.1. The molecule has 3 N–H and O–H groups in total. The molecular formula is C18H25Cl2N3O2. The Morgan fingerprint density at radius 3 is 2.40 bits per heavy atom. The largest absolute Gasteiger partial charge is 0.353 e. The number of carbonyl (C=O) groups is 2. The molecule has 25 heavy (non-hydrogen) atoms. The molecule has 2 unspecified atom stereocenters. The van der Waals surface area contributed by atoms with Gasteiger partial charge in [-0.25, -0.2) is 0 Å². The lowest BCUT2D eigenvalue weighted by Gasteiger charge is -2.29. The van der Waals surface area contributed by atoms with Crippen LogP contribution >= 0.6 is 24.0 Å². The minimum atomic E-state index is -0.137. The lowest BCUT2D eigenvalue weighted by atomic mass is 9.99. The van der Waals surface area contributed by atoms with Crippen LogP contribution in [0.5, 0.6) is 0 Å². The minimum absolute atomic E-state index is 0. The van der Waals surface area contributed by atoms with E-state index >= 15 is 0 Å². The number of rotatable bonds is 6. The van der Waals surface area contributed by atoms with Gasteiger partial charge in [0.05, 0.1) is 0 Å². The van der Waals surface area contributed by atoms with Crippen LogP contribution in [0, 0.1) is 0 Å². The van der Waals surface area contributed by atoms with E-state index in [1.165, 1.54) is 12.8 Å². The number of nitrogens with one attached hydrogen (secondary N) is 3. The summed E-state index contributed by atoms with van der Waals surface area (Å²) in [7, 11) is 0. The molecule has 2 aliphatic heterocycles. The van der Waals surface area contributed by atoms with Gasteiger partial charge in [-0.1, -0.05) is 11.6 Å². The third-order valence-electron chi connectivity index (χ3n) is 4.81. The summed E-state index contributed by atoms with van der Waals surface area (Å²) < 4.78 is 0. The van der Waals surface area contributed by atoms with Crippen molar-refractivity contribution >= 4 is 35.8 Å². The Kier molecular flexibility index (Phi) is 7.54. The predicted octanol–water partition coefficient (Wildman–Crippen LogP) is 2.67. The number of carbonyl (C=O) groups excluding carboxylic acids is 2. The van der Waals surface area contributed by atoms with Gasteiger partial charge in [0.15, 0.2) is 0 Å². The molecule has 0 radical (unpaired) electrons. The fourth-order valence-electron chi connectivity index (χ4n) is 3.63. The second-order valence-electron chi connectivity index (χ2n) is 6.74. The molecule has 2 bridgehead atoms. The zero-order chi connectivity index (χ0) is 16.9. The molecule has 0 saturated carbocycles. The lowest BCUT2D eigenvalue weighted by Crippen LogP contribution is -2.48. The SMILES string of the molecule is Cl.O=C(CCCNC(=O)c1ccc(Cl)cc1)NC1CC2CCC(C1)N2. The fraction of sp³-hybridized carbons (Fsp3) is 0.556. The summed E-state index contributed by atoms with van der Waals surface area (Å²) in [6, 6.07) is 8.22. The highest BCUT2D eigenvalue weighted by molar-refractivity contribution is 6.30. The van der Waals surface area contributed by atoms with Crippen molar-refractivity contribution in [2.45, 2.75) is 56.7 Å². The molecule has 0 spiro atoms. The van der Waals surface area contributed by atoms with E-state index in [1.807, 2.05) is 0 Å². The van der Waals surface area contributed by atoms with Gasteiger partial charge in [0, 0.05) is 41.7 Å². The lowest BCUT2D eigenvalue weighted by molar-refractivity contribution is -0.122. The summed E-state index contributed by atoms with van der Waals surface area (Å²) in [6.07, 6.45) is 5.62. The number of hydrogen-bond donors (Lipinski definition) is 3. The van der Waals surface area contributed by atoms with Crippen molar-refractivity contribution in [2.24, 2.45) is 0 Å². The van der Waals surface area contributed by atoms with Crippen molar-refractivity contribution in [3.8, 4) is 0 Å². The Bertz CT molecular complexity index is 582. The van der Waals surface area contributed by atoms with Crippen molar-refractivity contribution in [1.82, 2.24) is 16.0 Å². The molecule has 2 amide bonds. The van der Waals surface area contributed by atoms with E-state index in [4.69, 9.17) is 11.6 Å². The van der Waals surface area contributed by atoms with Gasteiger partial charge in [0.1, 0.15) is 0 Å². The van der Waals surface area contributed by atoms with E-state index in [0.717, 1.165) is 12.8 Å². The highest BCUT2D eigenvalue weighted by Gasteiger charge is 2.33. The molecule has 1 aromatic carbocycles. The molecule has 2 aliphatic rings. The van der Waals surface area contributed by atoms with E-state index in [-0.39, 0.29) is 24.2 Å². The summed E-state index contributed by atoms with van der Waals surface area (Å²) in [5.74, 6) is -0.0518. The molecule has 2 fully saturated rings. The molecule has 5 nitrogen and oxygen atoms in total. The first-order valence-corrected chi connectivity index (χ1v) is 9.07. The maximum Gasteiger partial charge on any atom is 0.251 e. The zero-order valence-electron chi connectivity index (χ0n) is 14.1. The molecule has 0 aromatic heterocycles. The average Bonchev–Trinajstić information content (AvgIpc) is 2.90. The van der Waals surface area contributed by atoms with Crippen LogP contribution in [0.25, 0.3) is 0 Å². The molecule has 1 aromatic rings. The average molecular weight is 386 g/mol. The fourth-order valence-corrected chi connectivity index (χ4v) is 3.76. The maximum absolute atomic E-state index is 12.0. The molecule has 2 atom stereocenters. The Labute approximate surface area is 159 Å². The number of piperidine rings is 1. The first-order valence-electron chi connectivity index (χ1n) is 8.69. The number of halogens is 2. The van der Waals surface area contributed by atoms with E-state index in [9.17, 15) is 9.59 Å². The first-order chi connectivity index (χ1) is 11.6. The molecule has 0 aliphatic carbocycles. The molecule has 138 valence electrons. The van der Waals surface area contributed by atoms with Crippen LogP contribution in [0.2, 0.25) is 5.02 Å². The third kappa shape index (κ3) is 5.87. The van der Waals surface area contributed by atoms with Gasteiger partial charge in [-0.05, 0) is 56.4 Å². The second-order valence-corrected chi connectivity index (χ2v) is 7.18. The van der Waals surface area contributed by atoms with Crippen molar-refractivity contribution in [3.63, 3.8) is 0 Å². The van der Waals surface area contributed by atoms with Crippen molar-refractivity contribution < 1.29 is 9.59 Å². The Morgan fingerprint density at radius 2 is 1.76 bits per heavy atom. The van der Waals surface area contributed by atoms with E-state index in [1.54, 1.807) is 24.3 Å². The van der Waals surface area contributed by atoms with Crippen LogP contribution < -0.4 is 16.0 Å². The Morgan fingerprint density at radius 1 is 1.12 bits per heavy atom. The van der Waals surface area contributed by atoms with Gasteiger partial charge in [-0.2, -0.15) is 0 Å². The normalized spacial score (nSPS) is 24.3. The van der Waals surface area contributed by atoms with Crippen molar-refractivity contribution in [3.05, 3.63) is 34.9 Å². The van der Waals surface area contributed by atoms with Crippen molar-refractivity contribution in [1.29, 1.82) is 0 Å². The molecule has 2 saturated heterocycles. The molecule has 3 rings (SSSR count). The van der Waals surface area contributed by atoms with Gasteiger partial charge in [0.25, 0.3) is 5.91 Å². The first kappa shape index (κ1) is 20.0.